The molecule has 1 amide bonds. The van der Waals surface area contributed by atoms with Crippen molar-refractivity contribution >= 4 is 21.8 Å². The second-order valence-electron chi connectivity index (χ2n) is 4.25. The molecule has 1 atom stereocenters. The first-order valence-corrected chi connectivity index (χ1v) is 6.73. The maximum atomic E-state index is 11.9. The first-order chi connectivity index (χ1) is 8.52. The Kier molecular flexibility index (Phi) is 6.32. The van der Waals surface area contributed by atoms with Crippen LogP contribution in [0.2, 0.25) is 0 Å². The van der Waals surface area contributed by atoms with E-state index in [0.29, 0.717) is 25.2 Å². The summed E-state index contributed by atoms with van der Waals surface area (Å²) in [5.41, 5.74) is 1.68. The number of benzene rings is 1. The molecule has 0 aliphatic rings. The van der Waals surface area contributed by atoms with Crippen LogP contribution in [0.4, 0.5) is 0 Å². The van der Waals surface area contributed by atoms with Crippen molar-refractivity contribution in [2.45, 2.75) is 20.0 Å². The molecule has 4 nitrogen and oxygen atoms in total. The lowest BCUT2D eigenvalue weighted by atomic mass is 10.1. The maximum Gasteiger partial charge on any atom is 0.252 e. The Hall–Kier alpha value is -0.910. The van der Waals surface area contributed by atoms with Gasteiger partial charge in [-0.1, -0.05) is 12.1 Å². The fourth-order valence-electron chi connectivity index (χ4n) is 1.49. The van der Waals surface area contributed by atoms with Gasteiger partial charge in [-0.2, -0.15) is 0 Å². The largest absolute Gasteiger partial charge is 0.392 e. The van der Waals surface area contributed by atoms with Gasteiger partial charge in [0.2, 0.25) is 0 Å². The average Bonchev–Trinajstić information content (AvgIpc) is 2.31. The predicted octanol–water partition coefficient (Wildman–Crippen LogP) is 1.46. The highest BCUT2D eigenvalue weighted by molar-refractivity contribution is 9.10. The Morgan fingerprint density at radius 1 is 1.44 bits per heavy atom. The smallest absolute Gasteiger partial charge is 0.252 e. The molecule has 0 heterocycles. The van der Waals surface area contributed by atoms with E-state index in [1.165, 1.54) is 0 Å². The van der Waals surface area contributed by atoms with Crippen LogP contribution in [0, 0.1) is 6.92 Å². The van der Waals surface area contributed by atoms with Crippen LogP contribution in [-0.2, 0) is 0 Å². The average molecular weight is 315 g/mol. The Morgan fingerprint density at radius 2 is 2.17 bits per heavy atom. The molecule has 3 N–H and O–H groups in total. The lowest BCUT2D eigenvalue weighted by Gasteiger charge is -2.10. The summed E-state index contributed by atoms with van der Waals surface area (Å²) in [7, 11) is 0. The highest BCUT2D eigenvalue weighted by atomic mass is 79.9. The molecule has 0 aromatic heterocycles. The number of hydrogen-bond donors (Lipinski definition) is 3. The van der Waals surface area contributed by atoms with E-state index in [1.54, 1.807) is 13.0 Å². The molecule has 0 fully saturated rings. The number of nitrogens with one attached hydrogen (secondary N) is 2. The molecule has 0 saturated heterocycles. The normalized spacial score (nSPS) is 12.2. The zero-order chi connectivity index (χ0) is 13.5. The SMILES string of the molecule is Cc1cccc(C(=O)NCCNCC(C)O)c1Br. The monoisotopic (exact) mass is 314 g/mol. The molecule has 18 heavy (non-hydrogen) atoms. The summed E-state index contributed by atoms with van der Waals surface area (Å²) >= 11 is 3.41. The van der Waals surface area contributed by atoms with Crippen LogP contribution in [0.15, 0.2) is 22.7 Å². The first kappa shape index (κ1) is 15.1. The summed E-state index contributed by atoms with van der Waals surface area (Å²) in [4.78, 5) is 11.9. The topological polar surface area (TPSA) is 61.4 Å². The number of aliphatic hydroxyl groups excluding tert-OH is 1. The molecule has 0 aliphatic carbocycles. The minimum Gasteiger partial charge on any atom is -0.392 e. The van der Waals surface area contributed by atoms with Crippen molar-refractivity contribution in [3.63, 3.8) is 0 Å². The number of aliphatic hydroxyl groups is 1. The molecule has 100 valence electrons. The van der Waals surface area contributed by atoms with Gasteiger partial charge in [0.05, 0.1) is 11.7 Å². The van der Waals surface area contributed by atoms with Gasteiger partial charge in [0, 0.05) is 24.1 Å². The minimum absolute atomic E-state index is 0.0931. The van der Waals surface area contributed by atoms with Crippen molar-refractivity contribution in [1.29, 1.82) is 0 Å². The van der Waals surface area contributed by atoms with Crippen molar-refractivity contribution in [3.05, 3.63) is 33.8 Å². The van der Waals surface area contributed by atoms with E-state index in [1.807, 2.05) is 19.1 Å². The molecular weight excluding hydrogens is 296 g/mol. The van der Waals surface area contributed by atoms with Gasteiger partial charge in [0.15, 0.2) is 0 Å². The number of carbonyl (C=O) groups is 1. The van der Waals surface area contributed by atoms with Gasteiger partial charge < -0.3 is 15.7 Å². The van der Waals surface area contributed by atoms with E-state index in [9.17, 15) is 4.79 Å². The maximum absolute atomic E-state index is 11.9. The van der Waals surface area contributed by atoms with Crippen LogP contribution in [-0.4, -0.2) is 36.8 Å². The van der Waals surface area contributed by atoms with E-state index in [2.05, 4.69) is 26.6 Å². The fraction of sp³-hybridized carbons (Fsp3) is 0.462. The van der Waals surface area contributed by atoms with Gasteiger partial charge in [0.1, 0.15) is 0 Å². The van der Waals surface area contributed by atoms with Gasteiger partial charge in [-0.15, -0.1) is 0 Å². The van der Waals surface area contributed by atoms with E-state index >= 15 is 0 Å². The van der Waals surface area contributed by atoms with Crippen molar-refractivity contribution in [2.75, 3.05) is 19.6 Å². The zero-order valence-corrected chi connectivity index (χ0v) is 12.3. The molecule has 0 saturated carbocycles. The number of hydrogen-bond acceptors (Lipinski definition) is 3. The first-order valence-electron chi connectivity index (χ1n) is 5.94. The minimum atomic E-state index is -0.369. The summed E-state index contributed by atoms with van der Waals surface area (Å²) in [6.07, 6.45) is -0.369. The molecule has 0 spiro atoms. The molecule has 1 rings (SSSR count). The number of carbonyl (C=O) groups excluding carboxylic acids is 1. The van der Waals surface area contributed by atoms with Gasteiger partial charge >= 0.3 is 0 Å². The van der Waals surface area contributed by atoms with Crippen molar-refractivity contribution < 1.29 is 9.90 Å². The lowest BCUT2D eigenvalue weighted by Crippen LogP contribution is -2.34. The summed E-state index contributed by atoms with van der Waals surface area (Å²) in [5, 5.41) is 14.9. The quantitative estimate of drug-likeness (QED) is 0.697. The van der Waals surface area contributed by atoms with Crippen molar-refractivity contribution in [2.24, 2.45) is 0 Å². The van der Waals surface area contributed by atoms with Crippen LogP contribution in [0.1, 0.15) is 22.8 Å². The van der Waals surface area contributed by atoms with Crippen LogP contribution in [0.3, 0.4) is 0 Å². The molecule has 0 aliphatic heterocycles. The highest BCUT2D eigenvalue weighted by Crippen LogP contribution is 2.20. The third kappa shape index (κ3) is 4.76. The summed E-state index contributed by atoms with van der Waals surface area (Å²) < 4.78 is 0.833. The molecule has 0 radical (unpaired) electrons. The molecule has 1 aromatic carbocycles. The van der Waals surface area contributed by atoms with Gasteiger partial charge in [-0.3, -0.25) is 4.79 Å². The Balaban J connectivity index is 2.39. The number of aryl methyl sites for hydroxylation is 1. The molecule has 1 unspecified atom stereocenters. The number of rotatable bonds is 6. The van der Waals surface area contributed by atoms with Crippen LogP contribution >= 0.6 is 15.9 Å². The summed E-state index contributed by atoms with van der Waals surface area (Å²) in [6.45, 7) is 5.37. The summed E-state index contributed by atoms with van der Waals surface area (Å²) in [6, 6.07) is 5.60. The molecule has 0 bridgehead atoms. The van der Waals surface area contributed by atoms with Gasteiger partial charge in [-0.05, 0) is 41.4 Å². The van der Waals surface area contributed by atoms with Crippen molar-refractivity contribution in [1.82, 2.24) is 10.6 Å². The van der Waals surface area contributed by atoms with Crippen LogP contribution in [0.25, 0.3) is 0 Å². The van der Waals surface area contributed by atoms with Gasteiger partial charge in [-0.25, -0.2) is 0 Å². The molecule has 5 heteroatoms. The zero-order valence-electron chi connectivity index (χ0n) is 10.7. The van der Waals surface area contributed by atoms with E-state index < -0.39 is 0 Å². The summed E-state index contributed by atoms with van der Waals surface area (Å²) in [5.74, 6) is -0.0931. The van der Waals surface area contributed by atoms with E-state index in [0.717, 1.165) is 10.0 Å². The number of amides is 1. The molecule has 1 aromatic rings. The third-order valence-electron chi connectivity index (χ3n) is 2.46. The van der Waals surface area contributed by atoms with E-state index in [-0.39, 0.29) is 12.0 Å². The Morgan fingerprint density at radius 3 is 2.83 bits per heavy atom. The fourth-order valence-corrected chi connectivity index (χ4v) is 1.94. The van der Waals surface area contributed by atoms with Crippen molar-refractivity contribution in [3.8, 4) is 0 Å². The van der Waals surface area contributed by atoms with Crippen LogP contribution in [0.5, 0.6) is 0 Å². The Labute approximate surface area is 116 Å². The molecular formula is C13H19BrN2O2. The standard InChI is InChI=1S/C13H19BrN2O2/c1-9-4-3-5-11(12(9)14)13(18)16-7-6-15-8-10(2)17/h3-5,10,15,17H,6-8H2,1-2H3,(H,16,18). The van der Waals surface area contributed by atoms with Gasteiger partial charge in [0.25, 0.3) is 5.91 Å². The second kappa shape index (κ2) is 7.51. The highest BCUT2D eigenvalue weighted by Gasteiger charge is 2.10. The second-order valence-corrected chi connectivity index (χ2v) is 5.04. The third-order valence-corrected chi connectivity index (χ3v) is 3.52. The van der Waals surface area contributed by atoms with Crippen LogP contribution < -0.4 is 10.6 Å². The Bertz CT molecular complexity index is 408. The number of halogens is 1. The lowest BCUT2D eigenvalue weighted by molar-refractivity contribution is 0.0953. The van der Waals surface area contributed by atoms with E-state index in [4.69, 9.17) is 5.11 Å². The predicted molar refractivity (Wildman–Crippen MR) is 75.8 cm³/mol.